The first-order valence-electron chi connectivity index (χ1n) is 10.8. The smallest absolute Gasteiger partial charge is 0.409 e. The van der Waals surface area contributed by atoms with Crippen molar-refractivity contribution in [1.29, 1.82) is 0 Å². The van der Waals surface area contributed by atoms with Gasteiger partial charge >= 0.3 is 12.1 Å². The van der Waals surface area contributed by atoms with Gasteiger partial charge in [0.05, 0.1) is 19.1 Å². The molecule has 0 spiro atoms. The molecule has 5 heteroatoms. The number of rotatable bonds is 13. The number of amides is 1. The molecule has 0 unspecified atom stereocenters. The van der Waals surface area contributed by atoms with Crippen LogP contribution in [0.5, 0.6) is 0 Å². The maximum absolute atomic E-state index is 12.1. The number of ether oxygens (including phenoxy) is 2. The number of esters is 1. The summed E-state index contributed by atoms with van der Waals surface area (Å²) >= 11 is 0. The van der Waals surface area contributed by atoms with Crippen LogP contribution in [-0.4, -0.2) is 43.3 Å². The molecule has 1 aliphatic heterocycles. The zero-order valence-electron chi connectivity index (χ0n) is 17.0. The molecule has 0 bridgehead atoms. The Balaban J connectivity index is 2.03. The summed E-state index contributed by atoms with van der Waals surface area (Å²) in [7, 11) is 0. The number of hydrogen-bond acceptors (Lipinski definition) is 4. The van der Waals surface area contributed by atoms with Crippen molar-refractivity contribution in [2.45, 2.75) is 90.9 Å². The van der Waals surface area contributed by atoms with Gasteiger partial charge in [-0.1, -0.05) is 65.2 Å². The highest BCUT2D eigenvalue weighted by atomic mass is 16.6. The van der Waals surface area contributed by atoms with Crippen LogP contribution in [0.2, 0.25) is 0 Å². The molecule has 0 aromatic rings. The monoisotopic (exact) mass is 369 g/mol. The third kappa shape index (κ3) is 10.0. The van der Waals surface area contributed by atoms with Gasteiger partial charge in [0.1, 0.15) is 0 Å². The minimum absolute atomic E-state index is 0.0660. The van der Waals surface area contributed by atoms with Crippen molar-refractivity contribution in [2.75, 3.05) is 26.3 Å². The predicted octanol–water partition coefficient (Wildman–Crippen LogP) is 5.32. The molecule has 26 heavy (non-hydrogen) atoms. The zero-order valence-corrected chi connectivity index (χ0v) is 17.0. The second-order valence-electron chi connectivity index (χ2n) is 7.37. The van der Waals surface area contributed by atoms with Crippen LogP contribution in [0.25, 0.3) is 0 Å². The molecule has 1 fully saturated rings. The summed E-state index contributed by atoms with van der Waals surface area (Å²) in [4.78, 5) is 25.7. The van der Waals surface area contributed by atoms with E-state index in [-0.39, 0.29) is 18.0 Å². The Kier molecular flexibility index (Phi) is 13.0. The van der Waals surface area contributed by atoms with Crippen LogP contribution < -0.4 is 0 Å². The molecule has 0 aliphatic carbocycles. The molecule has 1 rings (SSSR count). The van der Waals surface area contributed by atoms with E-state index < -0.39 is 0 Å². The molecule has 1 saturated heterocycles. The molecule has 5 nitrogen and oxygen atoms in total. The summed E-state index contributed by atoms with van der Waals surface area (Å²) in [5.74, 6) is -0.157. The standard InChI is InChI=1S/C21H39NO4/c1-3-5-7-8-9-10-11-12-18-25-20(23)19-13-15-22(16-14-19)21(24)26-17-6-4-2/h19H,3-18H2,1-2H3. The second kappa shape index (κ2) is 14.9. The Labute approximate surface area is 159 Å². The average Bonchev–Trinajstić information content (AvgIpc) is 2.66. The van der Waals surface area contributed by atoms with E-state index in [0.29, 0.717) is 39.1 Å². The lowest BCUT2D eigenvalue weighted by Crippen LogP contribution is -2.41. The molecule has 0 aromatic heterocycles. The average molecular weight is 370 g/mol. The first-order chi connectivity index (χ1) is 12.7. The first kappa shape index (κ1) is 22.8. The lowest BCUT2D eigenvalue weighted by atomic mass is 9.97. The molecular weight excluding hydrogens is 330 g/mol. The van der Waals surface area contributed by atoms with Gasteiger partial charge in [-0.15, -0.1) is 0 Å². The third-order valence-electron chi connectivity index (χ3n) is 5.05. The lowest BCUT2D eigenvalue weighted by Gasteiger charge is -2.30. The van der Waals surface area contributed by atoms with Gasteiger partial charge in [-0.05, 0) is 25.7 Å². The van der Waals surface area contributed by atoms with Gasteiger partial charge in [-0.25, -0.2) is 4.79 Å². The maximum Gasteiger partial charge on any atom is 0.409 e. The number of carbonyl (C=O) groups excluding carboxylic acids is 2. The summed E-state index contributed by atoms with van der Waals surface area (Å²) in [6.07, 6.45) is 12.9. The minimum atomic E-state index is -0.246. The number of hydrogen-bond donors (Lipinski definition) is 0. The van der Waals surface area contributed by atoms with Gasteiger partial charge in [0.15, 0.2) is 0 Å². The van der Waals surface area contributed by atoms with Crippen LogP contribution in [0, 0.1) is 5.92 Å². The predicted molar refractivity (Wildman–Crippen MR) is 104 cm³/mol. The number of carbonyl (C=O) groups is 2. The molecule has 1 heterocycles. The third-order valence-corrected chi connectivity index (χ3v) is 5.05. The fourth-order valence-corrected chi connectivity index (χ4v) is 3.22. The van der Waals surface area contributed by atoms with E-state index in [1.807, 2.05) is 0 Å². The molecule has 1 amide bonds. The molecule has 152 valence electrons. The summed E-state index contributed by atoms with van der Waals surface area (Å²) in [5, 5.41) is 0. The zero-order chi connectivity index (χ0) is 19.0. The van der Waals surface area contributed by atoms with E-state index in [9.17, 15) is 9.59 Å². The maximum atomic E-state index is 12.1. The van der Waals surface area contributed by atoms with E-state index >= 15 is 0 Å². The van der Waals surface area contributed by atoms with Gasteiger partial charge in [0, 0.05) is 13.1 Å². The Morgan fingerprint density at radius 3 is 1.92 bits per heavy atom. The van der Waals surface area contributed by atoms with Gasteiger partial charge in [-0.3, -0.25) is 4.79 Å². The van der Waals surface area contributed by atoms with Crippen LogP contribution in [0.15, 0.2) is 0 Å². The van der Waals surface area contributed by atoms with Crippen molar-refractivity contribution in [3.05, 3.63) is 0 Å². The van der Waals surface area contributed by atoms with Crippen molar-refractivity contribution in [1.82, 2.24) is 4.90 Å². The molecule has 0 aromatic carbocycles. The normalized spacial score (nSPS) is 15.1. The number of piperidine rings is 1. The topological polar surface area (TPSA) is 55.8 Å². The van der Waals surface area contributed by atoms with Gasteiger partial charge in [0.2, 0.25) is 0 Å². The fraction of sp³-hybridized carbons (Fsp3) is 0.905. The number of nitrogens with zero attached hydrogens (tertiary/aromatic N) is 1. The number of unbranched alkanes of at least 4 members (excludes halogenated alkanes) is 8. The van der Waals surface area contributed by atoms with Gasteiger partial charge in [0.25, 0.3) is 0 Å². The molecular formula is C21H39NO4. The summed E-state index contributed by atoms with van der Waals surface area (Å²) < 4.78 is 10.6. The SMILES string of the molecule is CCCCCCCCCCOC(=O)C1CCN(C(=O)OCCCC)CC1. The van der Waals surface area contributed by atoms with Crippen LogP contribution in [-0.2, 0) is 14.3 Å². The molecule has 0 saturated carbocycles. The van der Waals surface area contributed by atoms with E-state index in [1.54, 1.807) is 4.90 Å². The summed E-state index contributed by atoms with van der Waals surface area (Å²) in [6.45, 7) is 6.49. The van der Waals surface area contributed by atoms with Gasteiger partial charge < -0.3 is 14.4 Å². The quantitative estimate of drug-likeness (QED) is 0.326. The Morgan fingerprint density at radius 2 is 1.31 bits per heavy atom. The lowest BCUT2D eigenvalue weighted by molar-refractivity contribution is -0.150. The van der Waals surface area contributed by atoms with E-state index in [0.717, 1.165) is 25.7 Å². The largest absolute Gasteiger partial charge is 0.465 e. The summed E-state index contributed by atoms with van der Waals surface area (Å²) in [5.41, 5.74) is 0. The molecule has 0 atom stereocenters. The van der Waals surface area contributed by atoms with E-state index in [4.69, 9.17) is 9.47 Å². The van der Waals surface area contributed by atoms with E-state index in [1.165, 1.54) is 38.5 Å². The van der Waals surface area contributed by atoms with Crippen molar-refractivity contribution < 1.29 is 19.1 Å². The van der Waals surface area contributed by atoms with Crippen molar-refractivity contribution >= 4 is 12.1 Å². The van der Waals surface area contributed by atoms with Crippen LogP contribution >= 0.6 is 0 Å². The first-order valence-corrected chi connectivity index (χ1v) is 10.8. The molecule has 0 N–H and O–H groups in total. The molecule has 1 aliphatic rings. The highest BCUT2D eigenvalue weighted by Crippen LogP contribution is 2.19. The van der Waals surface area contributed by atoms with Crippen LogP contribution in [0.1, 0.15) is 90.9 Å². The van der Waals surface area contributed by atoms with Crippen molar-refractivity contribution in [3.63, 3.8) is 0 Å². The Hall–Kier alpha value is -1.26. The highest BCUT2D eigenvalue weighted by molar-refractivity contribution is 5.73. The van der Waals surface area contributed by atoms with Crippen molar-refractivity contribution in [2.24, 2.45) is 5.92 Å². The second-order valence-corrected chi connectivity index (χ2v) is 7.37. The minimum Gasteiger partial charge on any atom is -0.465 e. The summed E-state index contributed by atoms with van der Waals surface area (Å²) in [6, 6.07) is 0. The van der Waals surface area contributed by atoms with E-state index in [2.05, 4.69) is 13.8 Å². The Morgan fingerprint density at radius 1 is 0.769 bits per heavy atom. The van der Waals surface area contributed by atoms with Crippen molar-refractivity contribution in [3.8, 4) is 0 Å². The van der Waals surface area contributed by atoms with Crippen LogP contribution in [0.4, 0.5) is 4.79 Å². The Bertz CT molecular complexity index is 378. The van der Waals surface area contributed by atoms with Crippen LogP contribution in [0.3, 0.4) is 0 Å². The molecule has 0 radical (unpaired) electrons. The fourth-order valence-electron chi connectivity index (χ4n) is 3.22. The number of likely N-dealkylation sites (tertiary alicyclic amines) is 1. The van der Waals surface area contributed by atoms with Gasteiger partial charge in [-0.2, -0.15) is 0 Å². The highest BCUT2D eigenvalue weighted by Gasteiger charge is 2.28.